The molecule has 0 aliphatic rings. The highest BCUT2D eigenvalue weighted by molar-refractivity contribution is 6.39. The van der Waals surface area contributed by atoms with Gasteiger partial charge in [-0.2, -0.15) is 5.26 Å². The molecule has 3 N–H and O–H groups in total. The van der Waals surface area contributed by atoms with Gasteiger partial charge in [-0.15, -0.1) is 0 Å². The molecule has 5 nitrogen and oxygen atoms in total. The van der Waals surface area contributed by atoms with E-state index in [1.54, 1.807) is 31.2 Å². The Labute approximate surface area is 143 Å². The number of anilines is 2. The van der Waals surface area contributed by atoms with E-state index in [4.69, 9.17) is 38.9 Å². The SMILES string of the molecule is CC(Oc1ccccc1C#N)C(=O)Nc1cc(Cl)c(N)c(Cl)c1. The van der Waals surface area contributed by atoms with Gasteiger partial charge in [-0.3, -0.25) is 4.79 Å². The molecule has 2 aromatic carbocycles. The van der Waals surface area contributed by atoms with Crippen molar-refractivity contribution in [1.82, 2.24) is 0 Å². The van der Waals surface area contributed by atoms with Crippen LogP contribution in [0.3, 0.4) is 0 Å². The van der Waals surface area contributed by atoms with Gasteiger partial charge in [0.05, 0.1) is 21.3 Å². The first-order valence-corrected chi connectivity index (χ1v) is 7.39. The summed E-state index contributed by atoms with van der Waals surface area (Å²) in [6, 6.07) is 11.7. The maximum absolute atomic E-state index is 12.2. The third-order valence-electron chi connectivity index (χ3n) is 3.03. The highest BCUT2D eigenvalue weighted by Crippen LogP contribution is 2.31. The van der Waals surface area contributed by atoms with Gasteiger partial charge in [-0.25, -0.2) is 0 Å². The number of nitrogens with one attached hydrogen (secondary N) is 1. The van der Waals surface area contributed by atoms with E-state index in [9.17, 15) is 4.79 Å². The summed E-state index contributed by atoms with van der Waals surface area (Å²) < 4.78 is 5.53. The summed E-state index contributed by atoms with van der Waals surface area (Å²) >= 11 is 11.8. The number of nitrogens with two attached hydrogens (primary N) is 1. The number of nitriles is 1. The van der Waals surface area contributed by atoms with Crippen LogP contribution >= 0.6 is 23.2 Å². The number of halogens is 2. The second-order valence-electron chi connectivity index (χ2n) is 4.71. The molecule has 0 saturated heterocycles. The largest absolute Gasteiger partial charge is 0.480 e. The van der Waals surface area contributed by atoms with Crippen LogP contribution in [-0.2, 0) is 4.79 Å². The van der Waals surface area contributed by atoms with Crippen molar-refractivity contribution in [3.63, 3.8) is 0 Å². The fourth-order valence-electron chi connectivity index (χ4n) is 1.81. The number of para-hydroxylation sites is 1. The fourth-order valence-corrected chi connectivity index (χ4v) is 2.29. The van der Waals surface area contributed by atoms with Crippen LogP contribution in [0.4, 0.5) is 11.4 Å². The summed E-state index contributed by atoms with van der Waals surface area (Å²) in [5.41, 5.74) is 6.65. The predicted molar refractivity (Wildman–Crippen MR) is 90.8 cm³/mol. The maximum Gasteiger partial charge on any atom is 0.265 e. The van der Waals surface area contributed by atoms with Crippen molar-refractivity contribution >= 4 is 40.5 Å². The minimum Gasteiger partial charge on any atom is -0.480 e. The van der Waals surface area contributed by atoms with Crippen molar-refractivity contribution in [2.24, 2.45) is 0 Å². The van der Waals surface area contributed by atoms with Crippen molar-refractivity contribution in [1.29, 1.82) is 5.26 Å². The monoisotopic (exact) mass is 349 g/mol. The molecule has 0 saturated carbocycles. The third kappa shape index (κ3) is 4.07. The van der Waals surface area contributed by atoms with Crippen LogP contribution in [0.25, 0.3) is 0 Å². The van der Waals surface area contributed by atoms with Gasteiger partial charge in [-0.1, -0.05) is 35.3 Å². The summed E-state index contributed by atoms with van der Waals surface area (Å²) in [7, 11) is 0. The van der Waals surface area contributed by atoms with Crippen LogP contribution in [0.1, 0.15) is 12.5 Å². The molecule has 1 unspecified atom stereocenters. The number of benzene rings is 2. The lowest BCUT2D eigenvalue weighted by Gasteiger charge is -2.16. The Bertz CT molecular complexity index is 764. The molecule has 23 heavy (non-hydrogen) atoms. The lowest BCUT2D eigenvalue weighted by atomic mass is 10.2. The van der Waals surface area contributed by atoms with Crippen molar-refractivity contribution in [3.8, 4) is 11.8 Å². The Kier molecular flexibility index (Phi) is 5.32. The average Bonchev–Trinajstić information content (AvgIpc) is 2.53. The summed E-state index contributed by atoms with van der Waals surface area (Å²) in [5.74, 6) is -0.0688. The Morgan fingerprint density at radius 2 is 1.91 bits per heavy atom. The number of nitrogen functional groups attached to an aromatic ring is 1. The zero-order chi connectivity index (χ0) is 17.0. The van der Waals surface area contributed by atoms with E-state index in [-0.39, 0.29) is 15.7 Å². The molecule has 0 radical (unpaired) electrons. The van der Waals surface area contributed by atoms with Gasteiger partial charge in [0.1, 0.15) is 11.8 Å². The average molecular weight is 350 g/mol. The van der Waals surface area contributed by atoms with Crippen molar-refractivity contribution in [2.75, 3.05) is 11.1 Å². The van der Waals surface area contributed by atoms with E-state index in [1.807, 2.05) is 6.07 Å². The first kappa shape index (κ1) is 16.9. The molecule has 0 fully saturated rings. The van der Waals surface area contributed by atoms with Crippen molar-refractivity contribution in [2.45, 2.75) is 13.0 Å². The number of nitrogens with zero attached hydrogens (tertiary/aromatic N) is 1. The van der Waals surface area contributed by atoms with Gasteiger partial charge in [0.25, 0.3) is 5.91 Å². The lowest BCUT2D eigenvalue weighted by molar-refractivity contribution is -0.122. The Balaban J connectivity index is 2.10. The first-order valence-electron chi connectivity index (χ1n) is 6.63. The van der Waals surface area contributed by atoms with E-state index in [1.165, 1.54) is 12.1 Å². The molecular formula is C16H13Cl2N3O2. The molecular weight excluding hydrogens is 337 g/mol. The van der Waals surface area contributed by atoms with Crippen LogP contribution < -0.4 is 15.8 Å². The summed E-state index contributed by atoms with van der Waals surface area (Å²) in [6.45, 7) is 1.57. The lowest BCUT2D eigenvalue weighted by Crippen LogP contribution is -2.30. The normalized spacial score (nSPS) is 11.4. The number of carbonyl (C=O) groups excluding carboxylic acids is 1. The third-order valence-corrected chi connectivity index (χ3v) is 3.65. The zero-order valence-electron chi connectivity index (χ0n) is 12.1. The molecule has 0 aliphatic carbocycles. The van der Waals surface area contributed by atoms with Crippen LogP contribution in [0.2, 0.25) is 10.0 Å². The van der Waals surface area contributed by atoms with Gasteiger partial charge in [0.15, 0.2) is 6.10 Å². The molecule has 0 aliphatic heterocycles. The molecule has 1 amide bonds. The van der Waals surface area contributed by atoms with E-state index in [0.29, 0.717) is 17.0 Å². The maximum atomic E-state index is 12.2. The molecule has 7 heteroatoms. The van der Waals surface area contributed by atoms with Gasteiger partial charge >= 0.3 is 0 Å². The molecule has 2 aromatic rings. The fraction of sp³-hybridized carbons (Fsp3) is 0.125. The van der Waals surface area contributed by atoms with Crippen LogP contribution in [-0.4, -0.2) is 12.0 Å². The number of rotatable bonds is 4. The minimum absolute atomic E-state index is 0.246. The van der Waals surface area contributed by atoms with Gasteiger partial charge < -0.3 is 15.8 Å². The summed E-state index contributed by atoms with van der Waals surface area (Å²) in [4.78, 5) is 12.2. The highest BCUT2D eigenvalue weighted by Gasteiger charge is 2.17. The standard InChI is InChI=1S/C16H13Cl2N3O2/c1-9(23-14-5-3-2-4-10(14)8-19)16(22)21-11-6-12(17)15(20)13(18)7-11/h2-7,9H,20H2,1H3,(H,21,22). The zero-order valence-corrected chi connectivity index (χ0v) is 13.7. The second-order valence-corrected chi connectivity index (χ2v) is 5.53. The quantitative estimate of drug-likeness (QED) is 0.820. The van der Waals surface area contributed by atoms with Crippen molar-refractivity contribution in [3.05, 3.63) is 52.0 Å². The van der Waals surface area contributed by atoms with E-state index >= 15 is 0 Å². The molecule has 0 spiro atoms. The van der Waals surface area contributed by atoms with Gasteiger partial charge in [-0.05, 0) is 31.2 Å². The Hall–Kier alpha value is -2.42. The number of hydrogen-bond acceptors (Lipinski definition) is 4. The van der Waals surface area contributed by atoms with E-state index < -0.39 is 12.0 Å². The van der Waals surface area contributed by atoms with Crippen LogP contribution in [0.15, 0.2) is 36.4 Å². The number of carbonyl (C=O) groups is 1. The smallest absolute Gasteiger partial charge is 0.265 e. The molecule has 1 atom stereocenters. The number of hydrogen-bond donors (Lipinski definition) is 2. The number of amides is 1. The number of ether oxygens (including phenoxy) is 1. The molecule has 2 rings (SSSR count). The van der Waals surface area contributed by atoms with E-state index in [0.717, 1.165) is 0 Å². The Morgan fingerprint density at radius 3 is 2.52 bits per heavy atom. The highest BCUT2D eigenvalue weighted by atomic mass is 35.5. The second kappa shape index (κ2) is 7.23. The van der Waals surface area contributed by atoms with E-state index in [2.05, 4.69) is 5.32 Å². The minimum atomic E-state index is -0.820. The van der Waals surface area contributed by atoms with Crippen LogP contribution in [0.5, 0.6) is 5.75 Å². The summed E-state index contributed by atoms with van der Waals surface area (Å²) in [5, 5.41) is 12.2. The molecule has 118 valence electrons. The van der Waals surface area contributed by atoms with Crippen molar-refractivity contribution < 1.29 is 9.53 Å². The first-order chi connectivity index (χ1) is 10.9. The predicted octanol–water partition coefficient (Wildman–Crippen LogP) is 3.85. The van der Waals surface area contributed by atoms with Gasteiger partial charge in [0.2, 0.25) is 0 Å². The molecule has 0 heterocycles. The Morgan fingerprint density at radius 1 is 1.30 bits per heavy atom. The summed E-state index contributed by atoms with van der Waals surface area (Å²) in [6.07, 6.45) is -0.820. The molecule has 0 bridgehead atoms. The van der Waals surface area contributed by atoms with Gasteiger partial charge in [0, 0.05) is 5.69 Å². The topological polar surface area (TPSA) is 88.1 Å². The molecule has 0 aromatic heterocycles. The van der Waals surface area contributed by atoms with Crippen LogP contribution in [0, 0.1) is 11.3 Å².